The van der Waals surface area contributed by atoms with Gasteiger partial charge in [0, 0.05) is 0 Å². The van der Waals surface area contributed by atoms with Gasteiger partial charge in [-0.2, -0.15) is 0 Å². The van der Waals surface area contributed by atoms with Gasteiger partial charge in [-0.05, 0) is 23.6 Å². The summed E-state index contributed by atoms with van der Waals surface area (Å²) in [6.07, 6.45) is 1.51. The molecule has 0 fully saturated rings. The number of rotatable bonds is 4. The topological polar surface area (TPSA) is 41.8 Å². The molecule has 14 heavy (non-hydrogen) atoms. The van der Waals surface area contributed by atoms with Crippen molar-refractivity contribution in [3.05, 3.63) is 42.0 Å². The molecule has 0 radical (unpaired) electrons. The first-order valence-corrected chi connectivity index (χ1v) is 4.17. The minimum Gasteiger partial charge on any atom is -0.239 e. The van der Waals surface area contributed by atoms with E-state index in [1.54, 1.807) is 0 Å². The molecule has 0 unspecified atom stereocenters. The van der Waals surface area contributed by atoms with Crippen LogP contribution in [0.15, 0.2) is 40.8 Å². The van der Waals surface area contributed by atoms with E-state index in [0.717, 1.165) is 11.1 Å². The molecule has 0 aliphatic heterocycles. The van der Waals surface area contributed by atoms with E-state index in [1.165, 1.54) is 6.08 Å². The quantitative estimate of drug-likeness (QED) is 0.523. The lowest BCUT2D eigenvalue weighted by molar-refractivity contribution is 0.563. The number of aliphatic imine (C=N–C) groups is 2. The Labute approximate surface area is 82.5 Å². The number of nitrogens with zero attached hydrogens (tertiary/aromatic N) is 2. The number of hydrogen-bond acceptors (Lipinski definition) is 3. The highest BCUT2D eigenvalue weighted by Gasteiger charge is 1.93. The summed E-state index contributed by atoms with van der Waals surface area (Å²) < 4.78 is 0. The van der Waals surface area contributed by atoms with Gasteiger partial charge in [0.1, 0.15) is 0 Å². The monoisotopic (exact) mass is 186 g/mol. The van der Waals surface area contributed by atoms with E-state index < -0.39 is 0 Å². The number of carbonyl (C=O) groups excluding carboxylic acids is 1. The first-order chi connectivity index (χ1) is 6.86. The van der Waals surface area contributed by atoms with Crippen molar-refractivity contribution in [2.45, 2.75) is 13.1 Å². The van der Waals surface area contributed by atoms with Crippen LogP contribution in [-0.4, -0.2) is 11.9 Å². The van der Waals surface area contributed by atoms with Crippen molar-refractivity contribution < 1.29 is 4.79 Å². The summed E-state index contributed by atoms with van der Waals surface area (Å²) in [4.78, 5) is 17.3. The Bertz CT molecular complexity index is 364. The Balaban J connectivity index is 2.77. The fourth-order valence-electron chi connectivity index (χ4n) is 1.10. The lowest BCUT2D eigenvalue weighted by atomic mass is 10.1. The van der Waals surface area contributed by atoms with E-state index in [2.05, 4.69) is 22.4 Å². The fraction of sp³-hybridized carbons (Fsp3) is 0.182. The van der Waals surface area contributed by atoms with E-state index in [-0.39, 0.29) is 0 Å². The fourth-order valence-corrected chi connectivity index (χ4v) is 1.10. The van der Waals surface area contributed by atoms with Gasteiger partial charge in [0.05, 0.1) is 13.1 Å². The van der Waals surface area contributed by atoms with Crippen LogP contribution in [0.3, 0.4) is 0 Å². The normalized spacial score (nSPS) is 8.57. The predicted octanol–water partition coefficient (Wildman–Crippen LogP) is 1.88. The first kappa shape index (κ1) is 10.1. The molecule has 0 saturated carbocycles. The molecule has 0 heterocycles. The summed E-state index contributed by atoms with van der Waals surface area (Å²) in [6, 6.07) is 7.71. The molecule has 1 aromatic rings. The first-order valence-electron chi connectivity index (χ1n) is 4.17. The SMILES string of the molecule is C=C=NCc1cccc(CN=C=O)c1. The van der Waals surface area contributed by atoms with Gasteiger partial charge in [0.15, 0.2) is 0 Å². The molecule has 0 N–H and O–H groups in total. The summed E-state index contributed by atoms with van der Waals surface area (Å²) in [5, 5.41) is 0. The molecule has 0 amide bonds. The molecule has 3 nitrogen and oxygen atoms in total. The third-order valence-corrected chi connectivity index (χ3v) is 1.69. The molecule has 0 saturated heterocycles. The van der Waals surface area contributed by atoms with Crippen LogP contribution in [0, 0.1) is 0 Å². The number of hydrogen-bond donors (Lipinski definition) is 0. The summed E-state index contributed by atoms with van der Waals surface area (Å²) in [5.74, 6) is 2.47. The van der Waals surface area contributed by atoms with Gasteiger partial charge in [0.2, 0.25) is 6.08 Å². The van der Waals surface area contributed by atoms with Crippen molar-refractivity contribution in [1.82, 2.24) is 0 Å². The largest absolute Gasteiger partial charge is 0.239 e. The van der Waals surface area contributed by atoms with Crippen LogP contribution in [0.4, 0.5) is 0 Å². The highest BCUT2D eigenvalue weighted by molar-refractivity contribution is 5.46. The lowest BCUT2D eigenvalue weighted by Gasteiger charge is -1.98. The summed E-state index contributed by atoms with van der Waals surface area (Å²) in [6.45, 7) is 4.31. The Morgan fingerprint density at radius 1 is 1.21 bits per heavy atom. The molecule has 0 bridgehead atoms. The third kappa shape index (κ3) is 3.20. The van der Waals surface area contributed by atoms with E-state index in [1.807, 2.05) is 24.3 Å². The van der Waals surface area contributed by atoms with Gasteiger partial charge in [-0.3, -0.25) is 0 Å². The van der Waals surface area contributed by atoms with Gasteiger partial charge >= 0.3 is 0 Å². The number of isocyanates is 1. The Kier molecular flexibility index (Phi) is 4.09. The highest BCUT2D eigenvalue weighted by atomic mass is 16.1. The maximum atomic E-state index is 9.91. The van der Waals surface area contributed by atoms with E-state index in [0.29, 0.717) is 13.1 Å². The average Bonchev–Trinajstić information content (AvgIpc) is 2.24. The van der Waals surface area contributed by atoms with Gasteiger partial charge in [0.25, 0.3) is 0 Å². The van der Waals surface area contributed by atoms with Crippen LogP contribution in [-0.2, 0) is 17.9 Å². The average molecular weight is 186 g/mol. The zero-order chi connectivity index (χ0) is 10.2. The maximum absolute atomic E-state index is 9.91. The zero-order valence-corrected chi connectivity index (χ0v) is 7.73. The smallest absolute Gasteiger partial charge is 0.235 e. The van der Waals surface area contributed by atoms with Gasteiger partial charge in [-0.1, -0.05) is 24.3 Å². The maximum Gasteiger partial charge on any atom is 0.235 e. The molecule has 3 heteroatoms. The minimum atomic E-state index is 0.370. The van der Waals surface area contributed by atoms with E-state index in [4.69, 9.17) is 0 Å². The zero-order valence-electron chi connectivity index (χ0n) is 7.73. The van der Waals surface area contributed by atoms with Crippen LogP contribution < -0.4 is 0 Å². The second-order valence-electron chi connectivity index (χ2n) is 2.70. The Hall–Kier alpha value is -1.95. The molecular weight excluding hydrogens is 176 g/mol. The van der Waals surface area contributed by atoms with Crippen LogP contribution in [0.2, 0.25) is 0 Å². The van der Waals surface area contributed by atoms with Gasteiger partial charge in [-0.25, -0.2) is 14.8 Å². The molecular formula is C11H10N2O. The van der Waals surface area contributed by atoms with Crippen molar-refractivity contribution in [1.29, 1.82) is 0 Å². The molecule has 1 rings (SSSR count). The second-order valence-corrected chi connectivity index (χ2v) is 2.70. The summed E-state index contributed by atoms with van der Waals surface area (Å²) >= 11 is 0. The van der Waals surface area contributed by atoms with E-state index in [9.17, 15) is 4.79 Å². The van der Waals surface area contributed by atoms with E-state index >= 15 is 0 Å². The van der Waals surface area contributed by atoms with Gasteiger partial charge < -0.3 is 0 Å². The van der Waals surface area contributed by atoms with Crippen molar-refractivity contribution in [3.63, 3.8) is 0 Å². The molecule has 0 aliphatic rings. The standard InChI is InChI=1S/C11H10N2O/c1-2-12-7-10-4-3-5-11(6-10)8-13-9-14/h3-6H,1,7-8H2. The van der Waals surface area contributed by atoms with Crippen LogP contribution in [0.25, 0.3) is 0 Å². The van der Waals surface area contributed by atoms with Crippen molar-refractivity contribution in [3.8, 4) is 0 Å². The second kappa shape index (κ2) is 5.65. The van der Waals surface area contributed by atoms with Crippen LogP contribution in [0.1, 0.15) is 11.1 Å². The molecule has 70 valence electrons. The van der Waals surface area contributed by atoms with Crippen molar-refractivity contribution in [2.24, 2.45) is 9.98 Å². The summed E-state index contributed by atoms with van der Waals surface area (Å²) in [7, 11) is 0. The van der Waals surface area contributed by atoms with Gasteiger partial charge in [-0.15, -0.1) is 0 Å². The highest BCUT2D eigenvalue weighted by Crippen LogP contribution is 2.07. The third-order valence-electron chi connectivity index (χ3n) is 1.69. The summed E-state index contributed by atoms with van der Waals surface area (Å²) in [5.41, 5.74) is 2.03. The van der Waals surface area contributed by atoms with Crippen molar-refractivity contribution >= 4 is 11.9 Å². The molecule has 0 aliphatic carbocycles. The Morgan fingerprint density at radius 3 is 2.43 bits per heavy atom. The molecule has 0 atom stereocenters. The van der Waals surface area contributed by atoms with Crippen molar-refractivity contribution in [2.75, 3.05) is 0 Å². The number of benzene rings is 1. The Morgan fingerprint density at radius 2 is 1.86 bits per heavy atom. The van der Waals surface area contributed by atoms with Crippen LogP contribution in [0.5, 0.6) is 0 Å². The predicted molar refractivity (Wildman–Crippen MR) is 55.0 cm³/mol. The molecule has 0 spiro atoms. The molecule has 0 aromatic heterocycles. The molecule has 1 aromatic carbocycles. The minimum absolute atomic E-state index is 0.370. The lowest BCUT2D eigenvalue weighted by Crippen LogP contribution is -1.85. The van der Waals surface area contributed by atoms with Crippen LogP contribution >= 0.6 is 0 Å².